The van der Waals surface area contributed by atoms with Crippen molar-refractivity contribution in [2.75, 3.05) is 38.3 Å². The number of benzene rings is 1. The van der Waals surface area contributed by atoms with Crippen molar-refractivity contribution in [3.63, 3.8) is 0 Å². The molecule has 1 rings (SSSR count). The fourth-order valence-electron chi connectivity index (χ4n) is 3.69. The normalized spacial score (nSPS) is 12.6. The van der Waals surface area contributed by atoms with Crippen LogP contribution in [0.4, 0.5) is 10.5 Å². The fourth-order valence-corrected chi connectivity index (χ4v) is 3.69. The molecule has 0 saturated carbocycles. The lowest BCUT2D eigenvalue weighted by molar-refractivity contribution is -0.131. The molecule has 214 valence electrons. The first-order valence-corrected chi connectivity index (χ1v) is 13.2. The van der Waals surface area contributed by atoms with Crippen LogP contribution in [0, 0.1) is 11.8 Å². The summed E-state index contributed by atoms with van der Waals surface area (Å²) in [4.78, 5) is 49.7. The summed E-state index contributed by atoms with van der Waals surface area (Å²) in [5.74, 6) is -1.76. The van der Waals surface area contributed by atoms with E-state index in [1.807, 2.05) is 20.8 Å². The molecule has 1 aromatic rings. The Morgan fingerprint density at radius 3 is 2.24 bits per heavy atom. The Labute approximate surface area is 225 Å². The number of aliphatic hydroxyl groups is 1. The minimum Gasteiger partial charge on any atom is -0.392 e. The molecule has 0 spiro atoms. The Kier molecular flexibility index (Phi) is 16.6. The molecule has 6 N–H and O–H groups in total. The van der Waals surface area contributed by atoms with Gasteiger partial charge in [-0.1, -0.05) is 32.9 Å². The maximum atomic E-state index is 13.2. The van der Waals surface area contributed by atoms with Crippen molar-refractivity contribution < 1.29 is 33.8 Å². The van der Waals surface area contributed by atoms with Crippen LogP contribution < -0.4 is 21.7 Å². The van der Waals surface area contributed by atoms with E-state index >= 15 is 0 Å². The van der Waals surface area contributed by atoms with Crippen molar-refractivity contribution >= 4 is 29.3 Å². The highest BCUT2D eigenvalue weighted by atomic mass is 16.5. The van der Waals surface area contributed by atoms with Crippen LogP contribution in [0.25, 0.3) is 0 Å². The monoisotopic (exact) mass is 536 g/mol. The Morgan fingerprint density at radius 1 is 1.00 bits per heavy atom. The van der Waals surface area contributed by atoms with Crippen LogP contribution in [-0.4, -0.2) is 67.7 Å². The number of urea groups is 1. The summed E-state index contributed by atoms with van der Waals surface area (Å²) in [6, 6.07) is 5.32. The van der Waals surface area contributed by atoms with Crippen LogP contribution in [0.3, 0.4) is 0 Å². The lowest BCUT2D eigenvalue weighted by Gasteiger charge is -2.24. The highest BCUT2D eigenvalue weighted by molar-refractivity contribution is 5.97. The molecule has 0 fully saturated rings. The predicted octanol–water partition coefficient (Wildman–Crippen LogP) is 2.12. The van der Waals surface area contributed by atoms with Gasteiger partial charge in [0.25, 0.3) is 0 Å². The van der Waals surface area contributed by atoms with Gasteiger partial charge in [0.2, 0.25) is 11.8 Å². The average Bonchev–Trinajstić information content (AvgIpc) is 2.88. The van der Waals surface area contributed by atoms with Gasteiger partial charge in [-0.15, -0.1) is 0 Å². The van der Waals surface area contributed by atoms with Crippen molar-refractivity contribution in [3.05, 3.63) is 29.8 Å². The van der Waals surface area contributed by atoms with E-state index in [1.54, 1.807) is 24.3 Å². The topological polar surface area (TPSA) is 169 Å². The van der Waals surface area contributed by atoms with Crippen molar-refractivity contribution in [2.45, 2.75) is 65.5 Å². The maximum absolute atomic E-state index is 13.2. The molecule has 1 aromatic carbocycles. The molecule has 38 heavy (non-hydrogen) atoms. The van der Waals surface area contributed by atoms with Gasteiger partial charge in [-0.3, -0.25) is 14.4 Å². The number of ether oxygens (including phenoxy) is 2. The number of nitrogens with one attached hydrogen (secondary N) is 3. The average molecular weight is 537 g/mol. The number of carbonyl (C=O) groups is 4. The predicted molar refractivity (Wildman–Crippen MR) is 144 cm³/mol. The van der Waals surface area contributed by atoms with Gasteiger partial charge in [-0.25, -0.2) is 4.79 Å². The molecule has 0 heterocycles. The number of hydrogen-bond acceptors (Lipinski definition) is 7. The number of aliphatic hydroxyl groups excluding tert-OH is 1. The molecule has 0 unspecified atom stereocenters. The zero-order chi connectivity index (χ0) is 28.3. The molecule has 0 aromatic heterocycles. The van der Waals surface area contributed by atoms with E-state index in [1.165, 1.54) is 0 Å². The standard InChI is InChI=1S/C27H44N4O7/c1-4-13-37-15-16-38-14-11-24(34)31-25(19(2)3)23(33)17-21(6-5-12-29-27(28)36)26(35)30-22-9-7-20(18-32)8-10-22/h7-10,19,21,25,32H,4-6,11-18H2,1-3H3,(H,30,35)(H,31,34)(H3,28,29,36)/t21-,25+/m1/s1. The summed E-state index contributed by atoms with van der Waals surface area (Å²) in [5.41, 5.74) is 6.35. The number of carbonyl (C=O) groups excluding carboxylic acids is 4. The largest absolute Gasteiger partial charge is 0.392 e. The second kappa shape index (κ2) is 19.1. The molecule has 2 atom stereocenters. The molecule has 0 aliphatic carbocycles. The van der Waals surface area contributed by atoms with Gasteiger partial charge in [0.1, 0.15) is 0 Å². The zero-order valence-electron chi connectivity index (χ0n) is 22.8. The molecule has 11 heteroatoms. The quantitative estimate of drug-likeness (QED) is 0.159. The number of primary amides is 1. The van der Waals surface area contributed by atoms with Crippen LogP contribution in [-0.2, 0) is 30.5 Å². The van der Waals surface area contributed by atoms with Gasteiger partial charge >= 0.3 is 6.03 Å². The Balaban J connectivity index is 2.74. The van der Waals surface area contributed by atoms with Crippen molar-refractivity contribution in [1.82, 2.24) is 10.6 Å². The summed E-state index contributed by atoms with van der Waals surface area (Å²) < 4.78 is 10.7. The summed E-state index contributed by atoms with van der Waals surface area (Å²) in [5, 5.41) is 17.3. The van der Waals surface area contributed by atoms with E-state index in [0.717, 1.165) is 6.42 Å². The molecule has 4 amide bonds. The van der Waals surface area contributed by atoms with Crippen LogP contribution in [0.15, 0.2) is 24.3 Å². The van der Waals surface area contributed by atoms with Gasteiger partial charge in [0.15, 0.2) is 5.78 Å². The number of ketones is 1. The third kappa shape index (κ3) is 14.1. The number of amides is 4. The molecular weight excluding hydrogens is 492 g/mol. The molecule has 0 aliphatic rings. The minimum absolute atomic E-state index is 0.0779. The van der Waals surface area contributed by atoms with Crippen molar-refractivity contribution in [1.29, 1.82) is 0 Å². The van der Waals surface area contributed by atoms with Gasteiger partial charge < -0.3 is 36.3 Å². The van der Waals surface area contributed by atoms with E-state index in [4.69, 9.17) is 15.2 Å². The fraction of sp³-hybridized carbons (Fsp3) is 0.630. The summed E-state index contributed by atoms with van der Waals surface area (Å²) in [7, 11) is 0. The van der Waals surface area contributed by atoms with Crippen LogP contribution >= 0.6 is 0 Å². The number of hydrogen-bond donors (Lipinski definition) is 5. The molecule has 0 bridgehead atoms. The number of nitrogens with two attached hydrogens (primary N) is 1. The van der Waals surface area contributed by atoms with E-state index in [9.17, 15) is 24.3 Å². The third-order valence-corrected chi connectivity index (χ3v) is 5.77. The highest BCUT2D eigenvalue weighted by Gasteiger charge is 2.29. The lowest BCUT2D eigenvalue weighted by atomic mass is 9.89. The first kappa shape index (κ1) is 33.0. The molecule has 0 saturated heterocycles. The lowest BCUT2D eigenvalue weighted by Crippen LogP contribution is -2.45. The number of Topliss-reactive ketones (excluding diaryl/α,β-unsaturated/α-hetero) is 1. The Hall–Kier alpha value is -3.02. The molecular formula is C27H44N4O7. The second-order valence-corrected chi connectivity index (χ2v) is 9.41. The smallest absolute Gasteiger partial charge is 0.312 e. The molecule has 0 radical (unpaired) electrons. The third-order valence-electron chi connectivity index (χ3n) is 5.77. The summed E-state index contributed by atoms with van der Waals surface area (Å²) in [6.45, 7) is 7.58. The zero-order valence-corrected chi connectivity index (χ0v) is 22.8. The van der Waals surface area contributed by atoms with Gasteiger partial charge in [-0.05, 0) is 42.9 Å². The van der Waals surface area contributed by atoms with Crippen molar-refractivity contribution in [2.24, 2.45) is 17.6 Å². The Bertz CT molecular complexity index is 861. The highest BCUT2D eigenvalue weighted by Crippen LogP contribution is 2.19. The summed E-state index contributed by atoms with van der Waals surface area (Å²) in [6.07, 6.45) is 1.73. The van der Waals surface area contributed by atoms with Crippen LogP contribution in [0.1, 0.15) is 58.4 Å². The SMILES string of the molecule is CCCOCCOCCC(=O)N[C@H](C(=O)C[C@@H](CCCNC(N)=O)C(=O)Nc1ccc(CO)cc1)C(C)C. The van der Waals surface area contributed by atoms with Gasteiger partial charge in [0.05, 0.1) is 32.5 Å². The number of rotatable bonds is 20. The summed E-state index contributed by atoms with van der Waals surface area (Å²) >= 11 is 0. The van der Waals surface area contributed by atoms with Gasteiger partial charge in [-0.2, -0.15) is 0 Å². The first-order valence-electron chi connectivity index (χ1n) is 13.2. The van der Waals surface area contributed by atoms with Gasteiger partial charge in [0, 0.05) is 37.6 Å². The van der Waals surface area contributed by atoms with E-state index in [0.29, 0.717) is 43.9 Å². The van der Waals surface area contributed by atoms with E-state index < -0.39 is 18.0 Å². The molecule has 11 nitrogen and oxygen atoms in total. The minimum atomic E-state index is -0.752. The Morgan fingerprint density at radius 2 is 1.66 bits per heavy atom. The molecule has 0 aliphatic heterocycles. The number of anilines is 1. The van der Waals surface area contributed by atoms with Crippen LogP contribution in [0.5, 0.6) is 0 Å². The van der Waals surface area contributed by atoms with Crippen LogP contribution in [0.2, 0.25) is 0 Å². The van der Waals surface area contributed by atoms with E-state index in [-0.39, 0.29) is 56.1 Å². The first-order chi connectivity index (χ1) is 18.2. The maximum Gasteiger partial charge on any atom is 0.312 e. The van der Waals surface area contributed by atoms with Crippen molar-refractivity contribution in [3.8, 4) is 0 Å². The van der Waals surface area contributed by atoms with E-state index in [2.05, 4.69) is 16.0 Å². The second-order valence-electron chi connectivity index (χ2n) is 9.41.